The molecule has 0 bridgehead atoms. The van der Waals surface area contributed by atoms with Crippen LogP contribution in [-0.2, 0) is 13.0 Å². The molecule has 1 atom stereocenters. The largest absolute Gasteiger partial charge is 0.506 e. The van der Waals surface area contributed by atoms with Gasteiger partial charge in [-0.2, -0.15) is 0 Å². The molecule has 0 fully saturated rings. The van der Waals surface area contributed by atoms with E-state index in [9.17, 15) is 14.7 Å². The summed E-state index contributed by atoms with van der Waals surface area (Å²) < 4.78 is 2.25. The van der Waals surface area contributed by atoms with Gasteiger partial charge in [-0.05, 0) is 31.5 Å². The van der Waals surface area contributed by atoms with Gasteiger partial charge in [0.05, 0.1) is 5.69 Å². The number of nitrogens with one attached hydrogen (secondary N) is 2. The van der Waals surface area contributed by atoms with Crippen LogP contribution in [0, 0.1) is 6.92 Å². The normalized spacial score (nSPS) is 16.2. The van der Waals surface area contributed by atoms with Crippen molar-refractivity contribution in [1.82, 2.24) is 14.9 Å². The van der Waals surface area contributed by atoms with Gasteiger partial charge >= 0.3 is 5.97 Å². The highest BCUT2D eigenvalue weighted by atomic mass is 16.4. The summed E-state index contributed by atoms with van der Waals surface area (Å²) in [5.74, 6) is -1.94. The van der Waals surface area contributed by atoms with Crippen LogP contribution in [0.5, 0.6) is 5.75 Å². The lowest BCUT2D eigenvalue weighted by atomic mass is 10.0. The van der Waals surface area contributed by atoms with E-state index >= 15 is 0 Å². The van der Waals surface area contributed by atoms with Crippen LogP contribution in [0.4, 0.5) is 0 Å². The van der Waals surface area contributed by atoms with Crippen LogP contribution in [0.2, 0.25) is 0 Å². The van der Waals surface area contributed by atoms with Crippen LogP contribution in [0.1, 0.15) is 21.6 Å². The Hall–Kier alpha value is -3.06. The minimum absolute atomic E-state index is 0.336. The van der Waals surface area contributed by atoms with Gasteiger partial charge in [0.25, 0.3) is 5.56 Å². The van der Waals surface area contributed by atoms with E-state index in [1.54, 1.807) is 6.92 Å². The SMILES string of the molecule is CNC1Cc2cc3ccc(-c4[nH]c(=O)c(C(=O)O)c(O)c4C)cc3n2C1. The Balaban J connectivity index is 1.88. The number of carbonyl (C=O) groups is 1. The third-order valence-electron chi connectivity index (χ3n) is 5.19. The first-order valence-corrected chi connectivity index (χ1v) is 8.39. The Labute approximate surface area is 148 Å². The molecule has 4 rings (SSSR count). The molecular formula is C19H19N3O4. The highest BCUT2D eigenvalue weighted by Gasteiger charge is 2.24. The first-order valence-electron chi connectivity index (χ1n) is 8.39. The molecule has 4 N–H and O–H groups in total. The summed E-state index contributed by atoms with van der Waals surface area (Å²) >= 11 is 0. The number of aromatic hydroxyl groups is 1. The Morgan fingerprint density at radius 2 is 2.12 bits per heavy atom. The second-order valence-corrected chi connectivity index (χ2v) is 6.69. The van der Waals surface area contributed by atoms with E-state index in [1.807, 2.05) is 25.2 Å². The molecule has 26 heavy (non-hydrogen) atoms. The van der Waals surface area contributed by atoms with Gasteiger partial charge in [-0.3, -0.25) is 4.79 Å². The van der Waals surface area contributed by atoms with E-state index in [0.29, 0.717) is 17.3 Å². The molecule has 3 heterocycles. The van der Waals surface area contributed by atoms with Crippen molar-refractivity contribution in [3.8, 4) is 17.0 Å². The van der Waals surface area contributed by atoms with E-state index in [2.05, 4.69) is 20.9 Å². The zero-order chi connectivity index (χ0) is 18.6. The minimum atomic E-state index is -1.45. The van der Waals surface area contributed by atoms with E-state index in [-0.39, 0.29) is 0 Å². The molecule has 2 aromatic heterocycles. The van der Waals surface area contributed by atoms with Gasteiger partial charge in [0, 0.05) is 41.3 Å². The Kier molecular flexibility index (Phi) is 3.62. The summed E-state index contributed by atoms with van der Waals surface area (Å²) in [5, 5.41) is 23.7. The van der Waals surface area contributed by atoms with E-state index in [1.165, 1.54) is 5.69 Å². The van der Waals surface area contributed by atoms with Gasteiger partial charge in [0.1, 0.15) is 5.75 Å². The number of H-pyrrole nitrogens is 1. The number of hydrogen-bond acceptors (Lipinski definition) is 4. The number of nitrogens with zero attached hydrogens (tertiary/aromatic N) is 1. The van der Waals surface area contributed by atoms with Crippen molar-refractivity contribution in [1.29, 1.82) is 0 Å². The number of aromatic nitrogens is 2. The maximum Gasteiger partial charge on any atom is 0.345 e. The fourth-order valence-corrected chi connectivity index (χ4v) is 3.75. The summed E-state index contributed by atoms with van der Waals surface area (Å²) in [7, 11) is 1.95. The average Bonchev–Trinajstić information content (AvgIpc) is 3.14. The van der Waals surface area contributed by atoms with Crippen LogP contribution in [-0.4, -0.2) is 38.8 Å². The molecule has 1 aliphatic heterocycles. The topological polar surface area (TPSA) is 107 Å². The average molecular weight is 353 g/mol. The van der Waals surface area contributed by atoms with Crippen LogP contribution >= 0.6 is 0 Å². The molecule has 0 saturated carbocycles. The minimum Gasteiger partial charge on any atom is -0.506 e. The van der Waals surface area contributed by atoms with Crippen LogP contribution in [0.3, 0.4) is 0 Å². The Bertz CT molecular complexity index is 1110. The van der Waals surface area contributed by atoms with Gasteiger partial charge < -0.3 is 25.1 Å². The van der Waals surface area contributed by atoms with Crippen molar-refractivity contribution in [2.24, 2.45) is 0 Å². The lowest BCUT2D eigenvalue weighted by Gasteiger charge is -2.11. The number of fused-ring (bicyclic) bond motifs is 3. The summed E-state index contributed by atoms with van der Waals surface area (Å²) in [6.45, 7) is 2.47. The van der Waals surface area contributed by atoms with Crippen molar-refractivity contribution in [2.45, 2.75) is 25.9 Å². The van der Waals surface area contributed by atoms with Crippen LogP contribution in [0.15, 0.2) is 29.1 Å². The number of aromatic amines is 1. The van der Waals surface area contributed by atoms with Gasteiger partial charge in [0.15, 0.2) is 5.56 Å². The maximum atomic E-state index is 12.1. The van der Waals surface area contributed by atoms with Gasteiger partial charge in [0.2, 0.25) is 0 Å². The van der Waals surface area contributed by atoms with E-state index in [4.69, 9.17) is 5.11 Å². The second-order valence-electron chi connectivity index (χ2n) is 6.69. The maximum absolute atomic E-state index is 12.1. The number of carboxylic acid groups (broad SMARTS) is 1. The van der Waals surface area contributed by atoms with Gasteiger partial charge in [-0.15, -0.1) is 0 Å². The van der Waals surface area contributed by atoms with Crippen molar-refractivity contribution in [3.05, 3.63) is 51.4 Å². The molecule has 1 aromatic carbocycles. The zero-order valence-electron chi connectivity index (χ0n) is 14.5. The lowest BCUT2D eigenvalue weighted by molar-refractivity contribution is 0.0691. The summed E-state index contributed by atoms with van der Waals surface area (Å²) in [4.78, 5) is 25.9. The van der Waals surface area contributed by atoms with Gasteiger partial charge in [-0.25, -0.2) is 4.79 Å². The number of likely N-dealkylation sites (N-methyl/N-ethyl adjacent to an activating group) is 1. The third kappa shape index (κ3) is 2.32. The van der Waals surface area contributed by atoms with Gasteiger partial charge in [-0.1, -0.05) is 12.1 Å². The molecule has 1 unspecified atom stereocenters. The Morgan fingerprint density at radius 1 is 1.35 bits per heavy atom. The summed E-state index contributed by atoms with van der Waals surface area (Å²) in [5.41, 5.74) is 2.36. The van der Waals surface area contributed by atoms with Crippen molar-refractivity contribution in [2.75, 3.05) is 7.05 Å². The smallest absolute Gasteiger partial charge is 0.345 e. The van der Waals surface area contributed by atoms with Crippen LogP contribution in [0.25, 0.3) is 22.2 Å². The van der Waals surface area contributed by atoms with Crippen molar-refractivity contribution < 1.29 is 15.0 Å². The number of pyridine rings is 1. The summed E-state index contributed by atoms with van der Waals surface area (Å²) in [6.07, 6.45) is 0.963. The number of benzene rings is 1. The third-order valence-corrected chi connectivity index (χ3v) is 5.19. The monoisotopic (exact) mass is 353 g/mol. The molecular weight excluding hydrogens is 334 g/mol. The molecule has 3 aromatic rings. The molecule has 0 spiro atoms. The van der Waals surface area contributed by atoms with E-state index in [0.717, 1.165) is 29.4 Å². The van der Waals surface area contributed by atoms with Crippen LogP contribution < -0.4 is 10.9 Å². The quantitative estimate of drug-likeness (QED) is 0.575. The van der Waals surface area contributed by atoms with Crippen molar-refractivity contribution >= 4 is 16.9 Å². The first-order chi connectivity index (χ1) is 12.4. The molecule has 7 nitrogen and oxygen atoms in total. The summed E-state index contributed by atoms with van der Waals surface area (Å²) in [6, 6.07) is 8.38. The number of rotatable bonds is 3. The predicted molar refractivity (Wildman–Crippen MR) is 97.9 cm³/mol. The molecule has 0 amide bonds. The number of carboxylic acids is 1. The number of hydrogen-bond donors (Lipinski definition) is 4. The fourth-order valence-electron chi connectivity index (χ4n) is 3.75. The molecule has 1 aliphatic rings. The number of aromatic carboxylic acids is 1. The highest BCUT2D eigenvalue weighted by molar-refractivity contribution is 5.92. The van der Waals surface area contributed by atoms with E-state index < -0.39 is 22.8 Å². The fraction of sp³-hybridized carbons (Fsp3) is 0.263. The molecule has 7 heteroatoms. The molecule has 0 aliphatic carbocycles. The molecule has 134 valence electrons. The Morgan fingerprint density at radius 3 is 2.81 bits per heavy atom. The lowest BCUT2D eigenvalue weighted by Crippen LogP contribution is -2.26. The first kappa shape index (κ1) is 16.4. The second kappa shape index (κ2) is 5.74. The predicted octanol–water partition coefficient (Wildman–Crippen LogP) is 1.85. The zero-order valence-corrected chi connectivity index (χ0v) is 14.5. The standard InChI is InChI=1S/C19H19N3O4/c1-9-16(21-18(24)15(17(9)23)19(25)26)11-4-3-10-5-13-7-12(20-2)8-22(13)14(10)6-11/h3-6,12,20H,7-8H2,1-2H3,(H,25,26)(H2,21,23,24). The van der Waals surface area contributed by atoms with Crippen molar-refractivity contribution in [3.63, 3.8) is 0 Å². The molecule has 0 radical (unpaired) electrons. The molecule has 0 saturated heterocycles. The highest BCUT2D eigenvalue weighted by Crippen LogP contribution is 2.33.